The van der Waals surface area contributed by atoms with Gasteiger partial charge in [0.15, 0.2) is 5.16 Å². The maximum Gasteiger partial charge on any atom is 0.262 e. The molecule has 102 valence electrons. The number of rotatable bonds is 6. The fourth-order valence-electron chi connectivity index (χ4n) is 1.36. The first kappa shape index (κ1) is 14.2. The van der Waals surface area contributed by atoms with Gasteiger partial charge >= 0.3 is 0 Å². The quantitative estimate of drug-likeness (QED) is 0.497. The van der Waals surface area contributed by atoms with Crippen LogP contribution in [0, 0.1) is 6.92 Å². The molecule has 0 unspecified atom stereocenters. The van der Waals surface area contributed by atoms with Crippen molar-refractivity contribution in [3.8, 4) is 0 Å². The Morgan fingerprint density at radius 1 is 1.32 bits per heavy atom. The lowest BCUT2D eigenvalue weighted by atomic mass is 10.4. The van der Waals surface area contributed by atoms with Crippen molar-refractivity contribution in [2.75, 3.05) is 18.1 Å². The van der Waals surface area contributed by atoms with Crippen molar-refractivity contribution in [1.82, 2.24) is 15.0 Å². The Balaban J connectivity index is 2.18. The van der Waals surface area contributed by atoms with E-state index in [9.17, 15) is 0 Å². The number of nitrogens with zero attached hydrogens (tertiary/aromatic N) is 3. The Hall–Kier alpha value is -1.21. The molecule has 0 amide bonds. The van der Waals surface area contributed by atoms with Crippen LogP contribution in [-0.2, 0) is 0 Å². The number of aryl methyl sites for hydroxylation is 1. The van der Waals surface area contributed by atoms with Crippen molar-refractivity contribution in [3.63, 3.8) is 0 Å². The van der Waals surface area contributed by atoms with Crippen molar-refractivity contribution < 1.29 is 4.42 Å². The fraction of sp³-hybridized carbons (Fsp3) is 0.417. The van der Waals surface area contributed by atoms with Crippen LogP contribution in [0.25, 0.3) is 0 Å². The summed E-state index contributed by atoms with van der Waals surface area (Å²) in [5, 5.41) is 5.45. The molecule has 0 saturated heterocycles. The van der Waals surface area contributed by atoms with Crippen LogP contribution in [0.2, 0.25) is 0 Å². The molecular weight excluding hydrogens is 280 g/mol. The van der Waals surface area contributed by atoms with Crippen LogP contribution in [0.5, 0.6) is 0 Å². The summed E-state index contributed by atoms with van der Waals surface area (Å²) in [7, 11) is 0. The highest BCUT2D eigenvalue weighted by atomic mass is 32.2. The Kier molecular flexibility index (Phi) is 5.09. The highest BCUT2D eigenvalue weighted by Crippen LogP contribution is 2.28. The van der Waals surface area contributed by atoms with Gasteiger partial charge in [-0.2, -0.15) is 0 Å². The van der Waals surface area contributed by atoms with Gasteiger partial charge in [-0.1, -0.05) is 18.7 Å². The molecule has 0 spiro atoms. The topological polar surface area (TPSA) is 63.8 Å². The smallest absolute Gasteiger partial charge is 0.262 e. The van der Waals surface area contributed by atoms with Gasteiger partial charge in [0.2, 0.25) is 0 Å². The zero-order valence-corrected chi connectivity index (χ0v) is 12.8. The van der Waals surface area contributed by atoms with Crippen LogP contribution in [0.1, 0.15) is 19.0 Å². The predicted octanol–water partition coefficient (Wildman–Crippen LogP) is 3.47. The van der Waals surface area contributed by atoms with Crippen LogP contribution in [0.4, 0.5) is 5.82 Å². The average Bonchev–Trinajstić information content (AvgIpc) is 2.81. The van der Waals surface area contributed by atoms with E-state index in [0.717, 1.165) is 34.7 Å². The molecule has 2 heterocycles. The van der Waals surface area contributed by atoms with E-state index in [0.29, 0.717) is 5.22 Å². The van der Waals surface area contributed by atoms with Crippen LogP contribution >= 0.6 is 23.5 Å². The monoisotopic (exact) mass is 296 g/mol. The van der Waals surface area contributed by atoms with Crippen molar-refractivity contribution in [2.45, 2.75) is 35.7 Å². The molecule has 19 heavy (non-hydrogen) atoms. The lowest BCUT2D eigenvalue weighted by Crippen LogP contribution is -2.03. The van der Waals surface area contributed by atoms with Crippen molar-refractivity contribution in [3.05, 3.63) is 18.0 Å². The minimum absolute atomic E-state index is 0.602. The van der Waals surface area contributed by atoms with Crippen molar-refractivity contribution in [1.29, 1.82) is 0 Å². The molecule has 0 saturated carbocycles. The lowest BCUT2D eigenvalue weighted by Gasteiger charge is -2.06. The van der Waals surface area contributed by atoms with E-state index < -0.39 is 0 Å². The first-order valence-electron chi connectivity index (χ1n) is 5.98. The number of hydrogen-bond acceptors (Lipinski definition) is 7. The first-order chi connectivity index (χ1) is 9.21. The molecule has 1 N–H and O–H groups in total. The molecule has 2 aromatic heterocycles. The Morgan fingerprint density at radius 3 is 2.79 bits per heavy atom. The van der Waals surface area contributed by atoms with Gasteiger partial charge in [0.25, 0.3) is 5.22 Å². The van der Waals surface area contributed by atoms with Crippen LogP contribution in [0.3, 0.4) is 0 Å². The normalized spacial score (nSPS) is 10.7. The number of thioether (sulfide) groups is 1. The van der Waals surface area contributed by atoms with Gasteiger partial charge in [0, 0.05) is 12.6 Å². The molecule has 0 fully saturated rings. The second-order valence-electron chi connectivity index (χ2n) is 3.86. The summed E-state index contributed by atoms with van der Waals surface area (Å²) in [4.78, 5) is 13.1. The van der Waals surface area contributed by atoms with Gasteiger partial charge in [-0.05, 0) is 31.4 Å². The summed E-state index contributed by atoms with van der Waals surface area (Å²) in [6.45, 7) is 4.91. The molecule has 0 radical (unpaired) electrons. The summed E-state index contributed by atoms with van der Waals surface area (Å²) in [5.41, 5.74) is 0.867. The van der Waals surface area contributed by atoms with E-state index in [1.165, 1.54) is 23.5 Å². The van der Waals surface area contributed by atoms with Gasteiger partial charge in [0.05, 0.1) is 5.69 Å². The second kappa shape index (κ2) is 6.81. The van der Waals surface area contributed by atoms with E-state index in [-0.39, 0.29) is 0 Å². The highest BCUT2D eigenvalue weighted by Gasteiger charge is 2.09. The van der Waals surface area contributed by atoms with Gasteiger partial charge in [-0.25, -0.2) is 15.0 Å². The average molecular weight is 296 g/mol. The van der Waals surface area contributed by atoms with Crippen molar-refractivity contribution >= 4 is 29.3 Å². The molecule has 0 aliphatic heterocycles. The molecule has 2 aromatic rings. The SMILES string of the molecule is CCCNc1cc(Sc2nc(C)co2)nc(SC)n1. The summed E-state index contributed by atoms with van der Waals surface area (Å²) in [5.74, 6) is 0.840. The minimum Gasteiger partial charge on any atom is -0.439 e. The van der Waals surface area contributed by atoms with Crippen LogP contribution < -0.4 is 5.32 Å². The molecule has 0 aliphatic rings. The van der Waals surface area contributed by atoms with Crippen LogP contribution in [-0.4, -0.2) is 27.8 Å². The van der Waals surface area contributed by atoms with Crippen LogP contribution in [0.15, 0.2) is 32.2 Å². The second-order valence-corrected chi connectivity index (χ2v) is 5.61. The largest absolute Gasteiger partial charge is 0.439 e. The number of aromatic nitrogens is 3. The van der Waals surface area contributed by atoms with E-state index in [1.54, 1.807) is 6.26 Å². The number of hydrogen-bond donors (Lipinski definition) is 1. The Bertz CT molecular complexity index is 544. The summed E-state index contributed by atoms with van der Waals surface area (Å²) >= 11 is 2.92. The third kappa shape index (κ3) is 4.14. The van der Waals surface area contributed by atoms with E-state index in [4.69, 9.17) is 4.42 Å². The number of anilines is 1. The van der Waals surface area contributed by atoms with Gasteiger partial charge in [-0.3, -0.25) is 0 Å². The zero-order valence-electron chi connectivity index (χ0n) is 11.1. The van der Waals surface area contributed by atoms with E-state index in [1.807, 2.05) is 19.2 Å². The maximum atomic E-state index is 5.33. The predicted molar refractivity (Wildman–Crippen MR) is 78.0 cm³/mol. The molecule has 7 heteroatoms. The minimum atomic E-state index is 0.602. The number of oxazole rings is 1. The van der Waals surface area contributed by atoms with Gasteiger partial charge in [0.1, 0.15) is 17.1 Å². The molecule has 0 aliphatic carbocycles. The molecular formula is C12H16N4OS2. The summed E-state index contributed by atoms with van der Waals surface area (Å²) in [6.07, 6.45) is 4.65. The van der Waals surface area contributed by atoms with Gasteiger partial charge < -0.3 is 9.73 Å². The first-order valence-corrected chi connectivity index (χ1v) is 8.02. The Labute approximate surface area is 121 Å². The summed E-state index contributed by atoms with van der Waals surface area (Å²) in [6, 6.07) is 1.92. The lowest BCUT2D eigenvalue weighted by molar-refractivity contribution is 0.453. The van der Waals surface area contributed by atoms with E-state index in [2.05, 4.69) is 27.2 Å². The van der Waals surface area contributed by atoms with E-state index >= 15 is 0 Å². The molecule has 0 aromatic carbocycles. The summed E-state index contributed by atoms with van der Waals surface area (Å²) < 4.78 is 5.33. The maximum absolute atomic E-state index is 5.33. The number of nitrogens with one attached hydrogen (secondary N) is 1. The Morgan fingerprint density at radius 2 is 2.16 bits per heavy atom. The molecule has 0 atom stereocenters. The third-order valence-electron chi connectivity index (χ3n) is 2.21. The third-order valence-corrected chi connectivity index (χ3v) is 3.54. The molecule has 2 rings (SSSR count). The molecule has 0 bridgehead atoms. The highest BCUT2D eigenvalue weighted by molar-refractivity contribution is 7.99. The van der Waals surface area contributed by atoms with Crippen molar-refractivity contribution in [2.24, 2.45) is 0 Å². The van der Waals surface area contributed by atoms with Gasteiger partial charge in [-0.15, -0.1) is 0 Å². The fourth-order valence-corrected chi connectivity index (χ4v) is 2.56. The standard InChI is InChI=1S/C12H16N4OS2/c1-4-5-13-9-6-10(16-11(15-9)18-3)19-12-14-8(2)7-17-12/h6-7H,4-5H2,1-3H3,(H,13,15,16). The zero-order chi connectivity index (χ0) is 13.7. The molecule has 5 nitrogen and oxygen atoms in total.